The third-order valence-corrected chi connectivity index (χ3v) is 3.94. The van der Waals surface area contributed by atoms with Crippen molar-refractivity contribution >= 4 is 46.7 Å². The van der Waals surface area contributed by atoms with Gasteiger partial charge in [0.05, 0.1) is 11.5 Å². The van der Waals surface area contributed by atoms with Crippen LogP contribution in [-0.4, -0.2) is 35.8 Å². The van der Waals surface area contributed by atoms with Crippen molar-refractivity contribution in [3.63, 3.8) is 0 Å². The van der Waals surface area contributed by atoms with E-state index in [0.29, 0.717) is 10.7 Å². The Morgan fingerprint density at radius 2 is 1.74 bits per heavy atom. The zero-order valence-electron chi connectivity index (χ0n) is 13.3. The summed E-state index contributed by atoms with van der Waals surface area (Å²) < 4.78 is 4.89. The Hall–Kier alpha value is -1.53. The first-order valence-electron chi connectivity index (χ1n) is 7.00. The van der Waals surface area contributed by atoms with Crippen LogP contribution in [0.4, 0.5) is 5.69 Å². The van der Waals surface area contributed by atoms with Gasteiger partial charge in [0.15, 0.2) is 12.4 Å². The van der Waals surface area contributed by atoms with Gasteiger partial charge in [0, 0.05) is 16.1 Å². The van der Waals surface area contributed by atoms with Crippen LogP contribution in [0.5, 0.6) is 0 Å². The highest BCUT2D eigenvalue weighted by Crippen LogP contribution is 2.15. The minimum absolute atomic E-state index is 0.0193. The summed E-state index contributed by atoms with van der Waals surface area (Å²) in [6, 6.07) is 6.73. The van der Waals surface area contributed by atoms with Crippen LogP contribution in [0.3, 0.4) is 0 Å². The predicted molar refractivity (Wildman–Crippen MR) is 92.8 cm³/mol. The average Bonchev–Trinajstić information content (AvgIpc) is 2.46. The Morgan fingerprint density at radius 1 is 1.13 bits per heavy atom. The Bertz CT molecular complexity index is 566. The maximum absolute atomic E-state index is 11.7. The van der Waals surface area contributed by atoms with E-state index in [1.807, 2.05) is 0 Å². The molecule has 0 aliphatic heterocycles. The summed E-state index contributed by atoms with van der Waals surface area (Å²) >= 11 is 6.88. The fraction of sp³-hybridized carbons (Fsp3) is 0.438. The van der Waals surface area contributed by atoms with E-state index in [0.717, 1.165) is 11.8 Å². The highest BCUT2D eigenvalue weighted by molar-refractivity contribution is 8.00. The number of benzene rings is 1. The molecular formula is C16H20ClNO4S. The molecule has 0 bridgehead atoms. The van der Waals surface area contributed by atoms with Crippen LogP contribution in [0.1, 0.15) is 20.8 Å². The van der Waals surface area contributed by atoms with Crippen molar-refractivity contribution in [2.24, 2.45) is 5.41 Å². The van der Waals surface area contributed by atoms with Crippen molar-refractivity contribution in [3.8, 4) is 0 Å². The van der Waals surface area contributed by atoms with Crippen LogP contribution in [0, 0.1) is 5.41 Å². The zero-order valence-corrected chi connectivity index (χ0v) is 14.9. The molecule has 1 aromatic carbocycles. The zero-order chi connectivity index (χ0) is 17.5. The molecule has 0 atom stereocenters. The van der Waals surface area contributed by atoms with Gasteiger partial charge >= 0.3 is 5.97 Å². The summed E-state index contributed by atoms with van der Waals surface area (Å²) in [5.41, 5.74) is 0.102. The summed E-state index contributed by atoms with van der Waals surface area (Å²) in [6.45, 7) is 5.05. The standard InChI is InChI=1S/C16H20ClNO4S/c1-16(2,3)13(19)8-22-15(21)10-23-9-14(20)18-12-6-4-11(17)5-7-12/h4-7H,8-10H2,1-3H3,(H,18,20). The number of hydrogen-bond donors (Lipinski definition) is 1. The summed E-state index contributed by atoms with van der Waals surface area (Å²) in [6.07, 6.45) is 0. The van der Waals surface area contributed by atoms with Gasteiger partial charge in [-0.15, -0.1) is 11.8 Å². The number of esters is 1. The topological polar surface area (TPSA) is 72.5 Å². The maximum Gasteiger partial charge on any atom is 0.316 e. The lowest BCUT2D eigenvalue weighted by molar-refractivity contribution is -0.147. The number of nitrogens with one attached hydrogen (secondary N) is 1. The molecule has 1 amide bonds. The molecule has 126 valence electrons. The van der Waals surface area contributed by atoms with Crippen molar-refractivity contribution in [2.45, 2.75) is 20.8 Å². The predicted octanol–water partition coefficient (Wildman–Crippen LogP) is 3.17. The number of ether oxygens (including phenoxy) is 1. The lowest BCUT2D eigenvalue weighted by atomic mass is 9.91. The molecule has 1 N–H and O–H groups in total. The number of carbonyl (C=O) groups is 3. The van der Waals surface area contributed by atoms with Crippen molar-refractivity contribution in [3.05, 3.63) is 29.3 Å². The second-order valence-electron chi connectivity index (χ2n) is 5.88. The van der Waals surface area contributed by atoms with Gasteiger partial charge in [0.25, 0.3) is 0 Å². The molecule has 0 saturated carbocycles. The van der Waals surface area contributed by atoms with Gasteiger partial charge in [0.2, 0.25) is 5.91 Å². The molecule has 5 nitrogen and oxygen atoms in total. The summed E-state index contributed by atoms with van der Waals surface area (Å²) in [4.78, 5) is 34.8. The molecule has 0 radical (unpaired) electrons. The quantitative estimate of drug-likeness (QED) is 0.759. The smallest absolute Gasteiger partial charge is 0.316 e. The van der Waals surface area contributed by atoms with Gasteiger partial charge in [-0.2, -0.15) is 0 Å². The van der Waals surface area contributed by atoms with Crippen molar-refractivity contribution in [1.82, 2.24) is 0 Å². The first-order valence-corrected chi connectivity index (χ1v) is 8.54. The van der Waals surface area contributed by atoms with Crippen molar-refractivity contribution in [1.29, 1.82) is 0 Å². The summed E-state index contributed by atoms with van der Waals surface area (Å²) in [7, 11) is 0. The van der Waals surface area contributed by atoms with Gasteiger partial charge in [-0.05, 0) is 24.3 Å². The molecule has 0 aliphatic rings. The monoisotopic (exact) mass is 357 g/mol. The fourth-order valence-corrected chi connectivity index (χ4v) is 2.10. The Balaban J connectivity index is 2.23. The van der Waals surface area contributed by atoms with E-state index < -0.39 is 11.4 Å². The molecule has 0 spiro atoms. The fourth-order valence-electron chi connectivity index (χ4n) is 1.36. The number of ketones is 1. The van der Waals surface area contributed by atoms with Crippen LogP contribution in [0.15, 0.2) is 24.3 Å². The molecule has 0 unspecified atom stereocenters. The number of amides is 1. The number of hydrogen-bond acceptors (Lipinski definition) is 5. The van der Waals surface area contributed by atoms with Crippen LogP contribution in [0.25, 0.3) is 0 Å². The summed E-state index contributed by atoms with van der Waals surface area (Å²) in [5, 5.41) is 3.28. The number of halogens is 1. The van der Waals surface area contributed by atoms with Crippen molar-refractivity contribution < 1.29 is 19.1 Å². The maximum atomic E-state index is 11.7. The first kappa shape index (κ1) is 19.5. The van der Waals surface area contributed by atoms with Crippen LogP contribution < -0.4 is 5.32 Å². The second kappa shape index (κ2) is 8.93. The molecule has 23 heavy (non-hydrogen) atoms. The van der Waals surface area contributed by atoms with Crippen LogP contribution in [0.2, 0.25) is 5.02 Å². The Labute approximate surface area is 145 Å². The molecular weight excluding hydrogens is 338 g/mol. The van der Waals surface area contributed by atoms with Gasteiger partial charge in [-0.3, -0.25) is 14.4 Å². The first-order chi connectivity index (χ1) is 10.7. The lowest BCUT2D eigenvalue weighted by Crippen LogP contribution is -2.27. The van der Waals surface area contributed by atoms with Gasteiger partial charge < -0.3 is 10.1 Å². The third kappa shape index (κ3) is 8.04. The number of anilines is 1. The van der Waals surface area contributed by atoms with Gasteiger partial charge in [0.1, 0.15) is 0 Å². The van der Waals surface area contributed by atoms with E-state index in [1.165, 1.54) is 0 Å². The van der Waals surface area contributed by atoms with E-state index in [1.54, 1.807) is 45.0 Å². The largest absolute Gasteiger partial charge is 0.457 e. The molecule has 0 aliphatic carbocycles. The van der Waals surface area contributed by atoms with Crippen LogP contribution in [-0.2, 0) is 19.1 Å². The molecule has 0 fully saturated rings. The van der Waals surface area contributed by atoms with Gasteiger partial charge in [-0.25, -0.2) is 0 Å². The number of Topliss-reactive ketones (excluding diaryl/α,β-unsaturated/α-hetero) is 1. The number of thioether (sulfide) groups is 1. The molecule has 0 heterocycles. The third-order valence-electron chi connectivity index (χ3n) is 2.78. The van der Waals surface area contributed by atoms with Crippen LogP contribution >= 0.6 is 23.4 Å². The average molecular weight is 358 g/mol. The number of carbonyl (C=O) groups excluding carboxylic acids is 3. The highest BCUT2D eigenvalue weighted by atomic mass is 35.5. The second-order valence-corrected chi connectivity index (χ2v) is 7.30. The minimum Gasteiger partial charge on any atom is -0.457 e. The normalized spacial score (nSPS) is 11.0. The molecule has 0 saturated heterocycles. The summed E-state index contributed by atoms with van der Waals surface area (Å²) in [5.74, 6) is -0.740. The van der Waals surface area contributed by atoms with Crippen molar-refractivity contribution in [2.75, 3.05) is 23.4 Å². The van der Waals surface area contributed by atoms with E-state index in [9.17, 15) is 14.4 Å². The lowest BCUT2D eigenvalue weighted by Gasteiger charge is -2.16. The molecule has 1 rings (SSSR count). The van der Waals surface area contributed by atoms with E-state index in [-0.39, 0.29) is 29.8 Å². The van der Waals surface area contributed by atoms with Gasteiger partial charge in [-0.1, -0.05) is 32.4 Å². The minimum atomic E-state index is -0.536. The molecule has 0 aromatic heterocycles. The molecule has 7 heteroatoms. The highest BCUT2D eigenvalue weighted by Gasteiger charge is 2.22. The molecule has 1 aromatic rings. The Morgan fingerprint density at radius 3 is 2.30 bits per heavy atom. The van der Waals surface area contributed by atoms with E-state index >= 15 is 0 Å². The van der Waals surface area contributed by atoms with E-state index in [2.05, 4.69) is 5.32 Å². The Kier molecular flexibility index (Phi) is 7.58. The van der Waals surface area contributed by atoms with E-state index in [4.69, 9.17) is 16.3 Å². The SMILES string of the molecule is CC(C)(C)C(=O)COC(=O)CSCC(=O)Nc1ccc(Cl)cc1. The number of rotatable bonds is 7.